The zero-order chi connectivity index (χ0) is 8.27. The molecule has 0 aromatic heterocycles. The molecule has 3 nitrogen and oxygen atoms in total. The van der Waals surface area contributed by atoms with Crippen LogP contribution in [0.1, 0.15) is 5.56 Å². The third kappa shape index (κ3) is 1.65. The summed E-state index contributed by atoms with van der Waals surface area (Å²) in [5.41, 5.74) is 1.03. The number of hydrogen-bond acceptors (Lipinski definition) is 2. The van der Waals surface area contributed by atoms with Crippen molar-refractivity contribution in [3.8, 4) is 0 Å². The highest BCUT2D eigenvalue weighted by atomic mass is 28.1. The number of rotatable bonds is 2. The molecule has 1 rings (SSSR count). The van der Waals surface area contributed by atoms with Gasteiger partial charge in [0.15, 0.2) is 0 Å². The molecule has 0 fully saturated rings. The highest BCUT2D eigenvalue weighted by Gasteiger charge is 2.08. The molecule has 0 aliphatic rings. The summed E-state index contributed by atoms with van der Waals surface area (Å²) in [5.74, 6) is 0. The Morgan fingerprint density at radius 2 is 2.09 bits per heavy atom. The van der Waals surface area contributed by atoms with E-state index in [9.17, 15) is 10.1 Å². The van der Waals surface area contributed by atoms with Gasteiger partial charge in [-0.1, -0.05) is 18.2 Å². The van der Waals surface area contributed by atoms with Gasteiger partial charge in [-0.3, -0.25) is 10.1 Å². The first-order valence-corrected chi connectivity index (χ1v) is 4.27. The maximum atomic E-state index is 10.4. The van der Waals surface area contributed by atoms with Crippen molar-refractivity contribution in [2.45, 2.75) is 6.04 Å². The maximum Gasteiger partial charge on any atom is 0.272 e. The molecule has 1 aromatic carbocycles. The molecule has 0 aliphatic carbocycles. The van der Waals surface area contributed by atoms with Gasteiger partial charge in [-0.25, -0.2) is 0 Å². The van der Waals surface area contributed by atoms with Gasteiger partial charge in [-0.05, 0) is 6.04 Å². The fraction of sp³-hybridized carbons (Fsp3) is 0.143. The number of nitro benzene ring substituents is 1. The predicted octanol–water partition coefficient (Wildman–Crippen LogP) is 0.728. The summed E-state index contributed by atoms with van der Waals surface area (Å²) in [6.45, 7) is 0. The lowest BCUT2D eigenvalue weighted by Crippen LogP contribution is -1.94. The van der Waals surface area contributed by atoms with E-state index in [1.807, 2.05) is 6.07 Å². The summed E-state index contributed by atoms with van der Waals surface area (Å²) in [6.07, 6.45) is 0. The quantitative estimate of drug-likeness (QED) is 0.369. The zero-order valence-electron chi connectivity index (χ0n) is 5.99. The molecule has 4 heteroatoms. The molecule has 0 bridgehead atoms. The van der Waals surface area contributed by atoms with Gasteiger partial charge in [0.25, 0.3) is 5.69 Å². The van der Waals surface area contributed by atoms with Crippen LogP contribution in [-0.4, -0.2) is 15.2 Å². The Hall–Kier alpha value is -1.16. The number of hydrogen-bond donors (Lipinski definition) is 0. The van der Waals surface area contributed by atoms with Gasteiger partial charge in [-0.15, -0.1) is 0 Å². The normalized spacial score (nSPS) is 9.55. The topological polar surface area (TPSA) is 43.1 Å². The van der Waals surface area contributed by atoms with Crippen LogP contribution in [0.25, 0.3) is 0 Å². The Morgan fingerprint density at radius 3 is 2.55 bits per heavy atom. The Bertz CT molecular complexity index is 275. The molecular weight excluding hydrogens is 158 g/mol. The number of para-hydroxylation sites is 1. The second-order valence-electron chi connectivity index (χ2n) is 2.14. The monoisotopic (exact) mass is 166 g/mol. The van der Waals surface area contributed by atoms with Crippen molar-refractivity contribution in [3.05, 3.63) is 39.9 Å². The van der Waals surface area contributed by atoms with E-state index in [1.54, 1.807) is 22.4 Å². The fourth-order valence-corrected chi connectivity index (χ4v) is 1.32. The summed E-state index contributed by atoms with van der Waals surface area (Å²) in [4.78, 5) is 10.0. The van der Waals surface area contributed by atoms with Crippen LogP contribution in [0.4, 0.5) is 5.69 Å². The van der Waals surface area contributed by atoms with Crippen LogP contribution in [0.5, 0.6) is 0 Å². The van der Waals surface area contributed by atoms with E-state index in [1.165, 1.54) is 6.07 Å². The van der Waals surface area contributed by atoms with Crippen molar-refractivity contribution in [2.75, 3.05) is 0 Å². The molecule has 0 saturated heterocycles. The summed E-state index contributed by atoms with van der Waals surface area (Å²) in [5, 5.41) is 10.4. The molecule has 57 valence electrons. The second-order valence-corrected chi connectivity index (χ2v) is 2.64. The first-order valence-electron chi connectivity index (χ1n) is 3.27. The lowest BCUT2D eigenvalue weighted by molar-refractivity contribution is -0.385. The van der Waals surface area contributed by atoms with Crippen LogP contribution in [-0.2, 0) is 6.04 Å². The van der Waals surface area contributed by atoms with Crippen LogP contribution < -0.4 is 0 Å². The maximum absolute atomic E-state index is 10.4. The van der Waals surface area contributed by atoms with Gasteiger partial charge in [0.2, 0.25) is 0 Å². The molecule has 0 aliphatic heterocycles. The molecule has 0 saturated carbocycles. The Kier molecular flexibility index (Phi) is 2.38. The number of benzene rings is 1. The largest absolute Gasteiger partial charge is 0.272 e. The van der Waals surface area contributed by atoms with Gasteiger partial charge in [-0.2, -0.15) is 0 Å². The van der Waals surface area contributed by atoms with E-state index in [0.717, 1.165) is 11.6 Å². The molecule has 0 N–H and O–H groups in total. The average Bonchev–Trinajstić information content (AvgIpc) is 2.04. The summed E-state index contributed by atoms with van der Waals surface area (Å²) in [7, 11) is 1.72. The minimum atomic E-state index is -0.344. The van der Waals surface area contributed by atoms with Crippen LogP contribution >= 0.6 is 0 Å². The summed E-state index contributed by atoms with van der Waals surface area (Å²) < 4.78 is 0. The van der Waals surface area contributed by atoms with Gasteiger partial charge in [0, 0.05) is 21.9 Å². The molecule has 11 heavy (non-hydrogen) atoms. The first kappa shape index (κ1) is 7.94. The van der Waals surface area contributed by atoms with Crippen molar-refractivity contribution in [1.82, 2.24) is 0 Å². The number of nitro groups is 1. The lowest BCUT2D eigenvalue weighted by Gasteiger charge is -1.96. The number of nitrogens with zero attached hydrogens (tertiary/aromatic N) is 1. The van der Waals surface area contributed by atoms with E-state index in [2.05, 4.69) is 0 Å². The van der Waals surface area contributed by atoms with E-state index in [0.29, 0.717) is 0 Å². The third-order valence-electron chi connectivity index (χ3n) is 1.46. The fourth-order valence-electron chi connectivity index (χ4n) is 0.900. The minimum Gasteiger partial charge on any atom is -0.258 e. The predicted molar refractivity (Wildman–Crippen MR) is 45.3 cm³/mol. The van der Waals surface area contributed by atoms with Crippen molar-refractivity contribution in [3.63, 3.8) is 0 Å². The van der Waals surface area contributed by atoms with Gasteiger partial charge >= 0.3 is 0 Å². The Morgan fingerprint density at radius 1 is 1.45 bits per heavy atom. The molecule has 0 heterocycles. The van der Waals surface area contributed by atoms with Crippen molar-refractivity contribution in [1.29, 1.82) is 0 Å². The minimum absolute atomic E-state index is 0.225. The highest BCUT2D eigenvalue weighted by molar-refractivity contribution is 6.08. The molecule has 0 amide bonds. The van der Waals surface area contributed by atoms with E-state index in [4.69, 9.17) is 0 Å². The van der Waals surface area contributed by atoms with Crippen LogP contribution in [0.15, 0.2) is 24.3 Å². The van der Waals surface area contributed by atoms with E-state index >= 15 is 0 Å². The summed E-state index contributed by atoms with van der Waals surface area (Å²) >= 11 is 0. The van der Waals surface area contributed by atoms with Crippen LogP contribution in [0.3, 0.4) is 0 Å². The SMILES string of the molecule is O=[N+]([O-])c1ccccc1C[SiH2]. The Balaban J connectivity index is 3.12. The molecule has 0 unspecified atom stereocenters. The van der Waals surface area contributed by atoms with Crippen LogP contribution in [0.2, 0.25) is 0 Å². The lowest BCUT2D eigenvalue weighted by atomic mass is 10.2. The Labute approximate surface area is 67.6 Å². The molecule has 1 radical (unpaired) electrons. The third-order valence-corrected chi connectivity index (χ3v) is 2.00. The standard InChI is InChI=1S/C7H8NO2Si/c9-8(10)7-4-2-1-3-6(7)5-11/h1-4H,5,11H2. The first-order chi connectivity index (χ1) is 5.25. The smallest absolute Gasteiger partial charge is 0.258 e. The molecule has 0 atom stereocenters. The zero-order valence-corrected chi connectivity index (χ0v) is 7.40. The van der Waals surface area contributed by atoms with Crippen molar-refractivity contribution in [2.24, 2.45) is 0 Å². The van der Waals surface area contributed by atoms with E-state index in [-0.39, 0.29) is 10.6 Å². The average molecular weight is 166 g/mol. The second kappa shape index (κ2) is 3.29. The van der Waals surface area contributed by atoms with E-state index < -0.39 is 0 Å². The van der Waals surface area contributed by atoms with Gasteiger partial charge in [0.05, 0.1) is 4.92 Å². The van der Waals surface area contributed by atoms with Gasteiger partial charge in [0.1, 0.15) is 0 Å². The van der Waals surface area contributed by atoms with Crippen LogP contribution in [0, 0.1) is 10.1 Å². The summed E-state index contributed by atoms with van der Waals surface area (Å²) in [6, 6.07) is 7.54. The van der Waals surface area contributed by atoms with Crippen molar-refractivity contribution < 1.29 is 4.92 Å². The van der Waals surface area contributed by atoms with Gasteiger partial charge < -0.3 is 0 Å². The molecule has 0 spiro atoms. The molecule has 1 aromatic rings. The molecular formula is C7H8NO2Si. The highest BCUT2D eigenvalue weighted by Crippen LogP contribution is 2.16. The van der Waals surface area contributed by atoms with Crippen molar-refractivity contribution >= 4 is 15.9 Å².